The highest BCUT2D eigenvalue weighted by atomic mass is 19.3. The third kappa shape index (κ3) is 5.11. The number of nitrogens with one attached hydrogen (secondary N) is 1. The van der Waals surface area contributed by atoms with Gasteiger partial charge < -0.3 is 19.9 Å². The van der Waals surface area contributed by atoms with Gasteiger partial charge in [-0.25, -0.2) is 9.59 Å². The average Bonchev–Trinajstić information content (AvgIpc) is 3.11. The molecule has 1 unspecified atom stereocenters. The minimum atomic E-state index is -2.99. The number of hydrogen-bond donors (Lipinski definition) is 2. The summed E-state index contributed by atoms with van der Waals surface area (Å²) in [6, 6.07) is 20.1. The van der Waals surface area contributed by atoms with Crippen molar-refractivity contribution in [1.82, 2.24) is 5.32 Å². The number of aliphatic carboxylic acids is 1. The molecule has 3 aromatic carbocycles. The Hall–Kier alpha value is -3.94. The molecule has 0 fully saturated rings. The molecule has 0 spiro atoms. The third-order valence-corrected chi connectivity index (χ3v) is 5.50. The molecule has 0 saturated heterocycles. The van der Waals surface area contributed by atoms with Crippen LogP contribution in [0.5, 0.6) is 5.75 Å². The number of carboxylic acids is 1. The fourth-order valence-electron chi connectivity index (χ4n) is 4.07. The van der Waals surface area contributed by atoms with E-state index >= 15 is 0 Å². The molecule has 2 N–H and O–H groups in total. The molecule has 0 bridgehead atoms. The van der Waals surface area contributed by atoms with Crippen LogP contribution in [0.15, 0.2) is 72.8 Å². The number of carbonyl (C=O) groups is 2. The van der Waals surface area contributed by atoms with E-state index in [4.69, 9.17) is 4.74 Å². The van der Waals surface area contributed by atoms with Crippen LogP contribution in [0.25, 0.3) is 11.1 Å². The molecule has 8 heteroatoms. The molecule has 4 rings (SSSR count). The molecule has 0 heterocycles. The van der Waals surface area contributed by atoms with Gasteiger partial charge in [0, 0.05) is 12.3 Å². The minimum Gasteiger partial charge on any atom is -0.480 e. The van der Waals surface area contributed by atoms with Crippen molar-refractivity contribution < 1.29 is 33.0 Å². The fraction of sp³-hybridized carbons (Fsp3) is 0.200. The molecule has 3 aromatic rings. The number of carbonyl (C=O) groups excluding carboxylic acids is 1. The van der Waals surface area contributed by atoms with Gasteiger partial charge in [0.05, 0.1) is 0 Å². The second-order valence-electron chi connectivity index (χ2n) is 7.59. The van der Waals surface area contributed by atoms with Crippen LogP contribution in [0.4, 0.5) is 13.6 Å². The number of amides is 1. The molecule has 1 amide bonds. The second-order valence-corrected chi connectivity index (χ2v) is 7.59. The lowest BCUT2D eigenvalue weighted by molar-refractivity contribution is -0.139. The summed E-state index contributed by atoms with van der Waals surface area (Å²) in [5.41, 5.74) is 4.65. The highest BCUT2D eigenvalue weighted by Gasteiger charge is 2.29. The van der Waals surface area contributed by atoms with Crippen LogP contribution in [-0.2, 0) is 16.0 Å². The maximum Gasteiger partial charge on any atom is 0.407 e. The van der Waals surface area contributed by atoms with E-state index in [0.717, 1.165) is 22.3 Å². The van der Waals surface area contributed by atoms with Crippen LogP contribution in [0.2, 0.25) is 0 Å². The summed E-state index contributed by atoms with van der Waals surface area (Å²) in [5, 5.41) is 11.9. The third-order valence-electron chi connectivity index (χ3n) is 5.50. The Balaban J connectivity index is 1.41. The highest BCUT2D eigenvalue weighted by Crippen LogP contribution is 2.44. The Morgan fingerprint density at radius 2 is 1.58 bits per heavy atom. The van der Waals surface area contributed by atoms with Gasteiger partial charge in [-0.15, -0.1) is 0 Å². The molecule has 0 saturated carbocycles. The molecule has 1 atom stereocenters. The van der Waals surface area contributed by atoms with E-state index in [9.17, 15) is 23.5 Å². The standard InChI is InChI=1S/C25H21F2NO5/c26-24(27)33-16-7-5-6-15(12-16)13-22(23(29)30)28-25(31)32-14-21-19-10-3-1-8-17(19)18-9-2-4-11-20(18)21/h1-12,21-22,24H,13-14H2,(H,28,31)(H,29,30). The zero-order valence-corrected chi connectivity index (χ0v) is 17.4. The van der Waals surface area contributed by atoms with Gasteiger partial charge in [-0.3, -0.25) is 0 Å². The predicted molar refractivity (Wildman–Crippen MR) is 116 cm³/mol. The predicted octanol–water partition coefficient (Wildman–Crippen LogP) is 4.82. The fourth-order valence-corrected chi connectivity index (χ4v) is 4.07. The van der Waals surface area contributed by atoms with E-state index in [1.807, 2.05) is 48.5 Å². The number of benzene rings is 3. The number of carboxylic acid groups (broad SMARTS) is 1. The van der Waals surface area contributed by atoms with E-state index in [1.54, 1.807) is 6.07 Å². The molecule has 33 heavy (non-hydrogen) atoms. The van der Waals surface area contributed by atoms with Crippen molar-refractivity contribution in [2.75, 3.05) is 6.61 Å². The zero-order chi connectivity index (χ0) is 23.4. The van der Waals surface area contributed by atoms with Gasteiger partial charge in [-0.2, -0.15) is 8.78 Å². The van der Waals surface area contributed by atoms with Crippen molar-refractivity contribution in [3.05, 3.63) is 89.5 Å². The van der Waals surface area contributed by atoms with Gasteiger partial charge >= 0.3 is 18.7 Å². The smallest absolute Gasteiger partial charge is 0.407 e. The summed E-state index contributed by atoms with van der Waals surface area (Å²) in [6.07, 6.45) is -0.996. The maximum atomic E-state index is 12.4. The van der Waals surface area contributed by atoms with Gasteiger partial charge in [-0.05, 0) is 39.9 Å². The summed E-state index contributed by atoms with van der Waals surface area (Å²) in [7, 11) is 0. The molecule has 6 nitrogen and oxygen atoms in total. The SMILES string of the molecule is O=C(NC(Cc1cccc(OC(F)F)c1)C(=O)O)OCC1c2ccccc2-c2ccccc21. The molecular weight excluding hydrogens is 432 g/mol. The largest absolute Gasteiger partial charge is 0.480 e. The molecule has 1 aliphatic carbocycles. The average molecular weight is 453 g/mol. The Bertz CT molecular complexity index is 1120. The molecule has 170 valence electrons. The van der Waals surface area contributed by atoms with E-state index < -0.39 is 24.7 Å². The van der Waals surface area contributed by atoms with Crippen LogP contribution < -0.4 is 10.1 Å². The molecule has 1 aliphatic rings. The number of alkyl halides is 2. The molecule has 0 aliphatic heterocycles. The lowest BCUT2D eigenvalue weighted by Crippen LogP contribution is -2.42. The van der Waals surface area contributed by atoms with E-state index in [0.29, 0.717) is 5.56 Å². The van der Waals surface area contributed by atoms with Crippen LogP contribution in [0.1, 0.15) is 22.6 Å². The van der Waals surface area contributed by atoms with Crippen molar-refractivity contribution in [1.29, 1.82) is 0 Å². The number of alkyl carbamates (subject to hydrolysis) is 1. The van der Waals surface area contributed by atoms with Gasteiger partial charge in [0.15, 0.2) is 0 Å². The highest BCUT2D eigenvalue weighted by molar-refractivity contribution is 5.81. The van der Waals surface area contributed by atoms with Crippen LogP contribution in [0, 0.1) is 0 Å². The number of halogens is 2. The Labute approximate surface area is 188 Å². The monoisotopic (exact) mass is 453 g/mol. The van der Waals surface area contributed by atoms with Gasteiger partial charge in [0.25, 0.3) is 0 Å². The Morgan fingerprint density at radius 3 is 2.18 bits per heavy atom. The molecular formula is C25H21F2NO5. The molecule has 0 radical (unpaired) electrons. The zero-order valence-electron chi connectivity index (χ0n) is 17.4. The van der Waals surface area contributed by atoms with Crippen LogP contribution in [0.3, 0.4) is 0 Å². The number of ether oxygens (including phenoxy) is 2. The normalized spacial score (nSPS) is 13.2. The van der Waals surface area contributed by atoms with Crippen molar-refractivity contribution in [3.63, 3.8) is 0 Å². The summed E-state index contributed by atoms with van der Waals surface area (Å²) in [6.45, 7) is -2.95. The number of rotatable bonds is 8. The van der Waals surface area contributed by atoms with Gasteiger partial charge in [0.1, 0.15) is 18.4 Å². The van der Waals surface area contributed by atoms with E-state index in [2.05, 4.69) is 10.1 Å². The Morgan fingerprint density at radius 1 is 0.939 bits per heavy atom. The van der Waals surface area contributed by atoms with Crippen molar-refractivity contribution in [2.45, 2.75) is 25.0 Å². The molecule has 0 aromatic heterocycles. The topological polar surface area (TPSA) is 84.9 Å². The first-order valence-corrected chi connectivity index (χ1v) is 10.3. The van der Waals surface area contributed by atoms with Crippen molar-refractivity contribution in [2.24, 2.45) is 0 Å². The number of hydrogen-bond acceptors (Lipinski definition) is 4. The number of fused-ring (bicyclic) bond motifs is 3. The van der Waals surface area contributed by atoms with Crippen molar-refractivity contribution >= 4 is 12.1 Å². The Kier molecular flexibility index (Phi) is 6.53. The first kappa shape index (κ1) is 22.3. The second kappa shape index (κ2) is 9.68. The summed E-state index contributed by atoms with van der Waals surface area (Å²) >= 11 is 0. The lowest BCUT2D eigenvalue weighted by Gasteiger charge is -2.18. The summed E-state index contributed by atoms with van der Waals surface area (Å²) < 4.78 is 34.6. The van der Waals surface area contributed by atoms with E-state index in [1.165, 1.54) is 18.2 Å². The maximum absolute atomic E-state index is 12.4. The minimum absolute atomic E-state index is 0.0455. The lowest BCUT2D eigenvalue weighted by atomic mass is 9.98. The summed E-state index contributed by atoms with van der Waals surface area (Å²) in [4.78, 5) is 24.1. The van der Waals surface area contributed by atoms with Gasteiger partial charge in [0.2, 0.25) is 0 Å². The van der Waals surface area contributed by atoms with E-state index in [-0.39, 0.29) is 24.7 Å². The van der Waals surface area contributed by atoms with Gasteiger partial charge in [-0.1, -0.05) is 60.7 Å². The first-order valence-electron chi connectivity index (χ1n) is 10.3. The van der Waals surface area contributed by atoms with Crippen LogP contribution >= 0.6 is 0 Å². The summed E-state index contributed by atoms with van der Waals surface area (Å²) in [5.74, 6) is -1.52. The van der Waals surface area contributed by atoms with Crippen LogP contribution in [-0.4, -0.2) is 36.4 Å². The van der Waals surface area contributed by atoms with Crippen molar-refractivity contribution in [3.8, 4) is 16.9 Å². The first-order chi connectivity index (χ1) is 15.9. The quantitative estimate of drug-likeness (QED) is 0.511.